The maximum absolute atomic E-state index is 12.9. The number of anilines is 1. The summed E-state index contributed by atoms with van der Waals surface area (Å²) < 4.78 is 12.9. The van der Waals surface area contributed by atoms with Crippen molar-refractivity contribution in [3.05, 3.63) is 53.2 Å². The summed E-state index contributed by atoms with van der Waals surface area (Å²) in [5, 5.41) is 3.39. The van der Waals surface area contributed by atoms with Gasteiger partial charge in [-0.3, -0.25) is 0 Å². The number of rotatable bonds is 4. The molecular formula is C12H11ClFN3. The summed E-state index contributed by atoms with van der Waals surface area (Å²) in [6, 6.07) is 6.51. The van der Waals surface area contributed by atoms with E-state index < -0.39 is 0 Å². The number of aromatic nitrogens is 2. The molecule has 0 fully saturated rings. The van der Waals surface area contributed by atoms with Gasteiger partial charge < -0.3 is 5.32 Å². The molecule has 0 aliphatic heterocycles. The van der Waals surface area contributed by atoms with Gasteiger partial charge in [0.2, 0.25) is 0 Å². The number of nitrogens with one attached hydrogen (secondary N) is 1. The molecule has 17 heavy (non-hydrogen) atoms. The van der Waals surface area contributed by atoms with Crippen molar-refractivity contribution in [1.82, 2.24) is 9.97 Å². The van der Waals surface area contributed by atoms with Crippen molar-refractivity contribution in [2.75, 3.05) is 11.9 Å². The highest BCUT2D eigenvalue weighted by molar-refractivity contribution is 6.31. The molecule has 0 saturated heterocycles. The first-order valence-corrected chi connectivity index (χ1v) is 5.58. The van der Waals surface area contributed by atoms with Gasteiger partial charge in [-0.05, 0) is 24.1 Å². The summed E-state index contributed by atoms with van der Waals surface area (Å²) in [4.78, 5) is 7.95. The SMILES string of the molecule is Fc1cccc(CCNc2nccnc2Cl)c1. The van der Waals surface area contributed by atoms with Gasteiger partial charge >= 0.3 is 0 Å². The van der Waals surface area contributed by atoms with Gasteiger partial charge in [0.1, 0.15) is 5.82 Å². The minimum absolute atomic E-state index is 0.222. The number of nitrogens with zero attached hydrogens (tertiary/aromatic N) is 2. The van der Waals surface area contributed by atoms with Gasteiger partial charge in [-0.15, -0.1) is 0 Å². The van der Waals surface area contributed by atoms with Crippen LogP contribution < -0.4 is 5.32 Å². The number of hydrogen-bond acceptors (Lipinski definition) is 3. The van der Waals surface area contributed by atoms with E-state index in [0.29, 0.717) is 23.9 Å². The lowest BCUT2D eigenvalue weighted by molar-refractivity contribution is 0.625. The Morgan fingerprint density at radius 2 is 2.06 bits per heavy atom. The zero-order valence-corrected chi connectivity index (χ0v) is 9.78. The zero-order valence-electron chi connectivity index (χ0n) is 9.03. The van der Waals surface area contributed by atoms with E-state index in [1.165, 1.54) is 18.3 Å². The molecule has 0 unspecified atom stereocenters. The summed E-state index contributed by atoms with van der Waals surface area (Å²) in [6.07, 6.45) is 3.79. The first kappa shape index (κ1) is 11.8. The standard InChI is InChI=1S/C12H11ClFN3/c13-11-12(17-7-6-15-11)16-5-4-9-2-1-3-10(14)8-9/h1-3,6-8H,4-5H2,(H,16,17). The molecule has 0 radical (unpaired) electrons. The highest BCUT2D eigenvalue weighted by atomic mass is 35.5. The van der Waals surface area contributed by atoms with Crippen molar-refractivity contribution >= 4 is 17.4 Å². The van der Waals surface area contributed by atoms with E-state index in [1.807, 2.05) is 6.07 Å². The van der Waals surface area contributed by atoms with Crippen molar-refractivity contribution in [3.8, 4) is 0 Å². The van der Waals surface area contributed by atoms with Crippen molar-refractivity contribution in [1.29, 1.82) is 0 Å². The molecule has 88 valence electrons. The summed E-state index contributed by atoms with van der Waals surface area (Å²) in [7, 11) is 0. The van der Waals surface area contributed by atoms with Gasteiger partial charge in [0.05, 0.1) is 0 Å². The largest absolute Gasteiger partial charge is 0.367 e. The lowest BCUT2D eigenvalue weighted by Crippen LogP contribution is -2.07. The Hall–Kier alpha value is -1.68. The number of halogens is 2. The third kappa shape index (κ3) is 3.39. The second-order valence-corrected chi connectivity index (χ2v) is 3.86. The zero-order chi connectivity index (χ0) is 12.1. The van der Waals surface area contributed by atoms with Crippen LogP contribution in [0.3, 0.4) is 0 Å². The molecule has 1 aromatic heterocycles. The van der Waals surface area contributed by atoms with E-state index in [4.69, 9.17) is 11.6 Å². The van der Waals surface area contributed by atoms with E-state index in [1.54, 1.807) is 12.3 Å². The Kier molecular flexibility index (Phi) is 3.88. The Balaban J connectivity index is 1.90. The van der Waals surface area contributed by atoms with Crippen LogP contribution in [0.5, 0.6) is 0 Å². The molecule has 0 atom stereocenters. The van der Waals surface area contributed by atoms with Crippen LogP contribution in [0.4, 0.5) is 10.2 Å². The normalized spacial score (nSPS) is 10.2. The van der Waals surface area contributed by atoms with Crippen molar-refractivity contribution < 1.29 is 4.39 Å². The van der Waals surface area contributed by atoms with Gasteiger partial charge in [0.15, 0.2) is 11.0 Å². The Bertz CT molecular complexity index is 505. The van der Waals surface area contributed by atoms with Crippen LogP contribution in [-0.4, -0.2) is 16.5 Å². The maximum atomic E-state index is 12.9. The van der Waals surface area contributed by atoms with Crippen LogP contribution in [0.1, 0.15) is 5.56 Å². The smallest absolute Gasteiger partial charge is 0.171 e. The maximum Gasteiger partial charge on any atom is 0.171 e. The van der Waals surface area contributed by atoms with E-state index in [0.717, 1.165) is 5.56 Å². The molecule has 2 rings (SSSR count). The van der Waals surface area contributed by atoms with Crippen LogP contribution >= 0.6 is 11.6 Å². The Morgan fingerprint density at radius 1 is 1.24 bits per heavy atom. The Labute approximate surface area is 104 Å². The van der Waals surface area contributed by atoms with Gasteiger partial charge in [-0.2, -0.15) is 0 Å². The summed E-state index contributed by atoms with van der Waals surface area (Å²) >= 11 is 5.84. The van der Waals surface area contributed by atoms with Gasteiger partial charge in [0.25, 0.3) is 0 Å². The van der Waals surface area contributed by atoms with Gasteiger partial charge in [0, 0.05) is 18.9 Å². The van der Waals surface area contributed by atoms with E-state index in [2.05, 4.69) is 15.3 Å². The van der Waals surface area contributed by atoms with E-state index >= 15 is 0 Å². The second kappa shape index (κ2) is 5.59. The summed E-state index contributed by atoms with van der Waals surface area (Å²) in [5.74, 6) is 0.325. The third-order valence-corrected chi connectivity index (χ3v) is 2.53. The number of hydrogen-bond donors (Lipinski definition) is 1. The van der Waals surface area contributed by atoms with Crippen molar-refractivity contribution in [3.63, 3.8) is 0 Å². The fraction of sp³-hybridized carbons (Fsp3) is 0.167. The first-order valence-electron chi connectivity index (χ1n) is 5.20. The summed E-state index contributed by atoms with van der Waals surface area (Å²) in [6.45, 7) is 0.627. The number of benzene rings is 1. The highest BCUT2D eigenvalue weighted by Gasteiger charge is 2.01. The molecule has 0 aliphatic carbocycles. The first-order chi connectivity index (χ1) is 8.25. The van der Waals surface area contributed by atoms with Crippen molar-refractivity contribution in [2.45, 2.75) is 6.42 Å². The van der Waals surface area contributed by atoms with Crippen LogP contribution in [0, 0.1) is 5.82 Å². The van der Waals surface area contributed by atoms with Gasteiger partial charge in [-0.25, -0.2) is 14.4 Å². The highest BCUT2D eigenvalue weighted by Crippen LogP contribution is 2.14. The van der Waals surface area contributed by atoms with E-state index in [9.17, 15) is 4.39 Å². The Morgan fingerprint density at radius 3 is 2.82 bits per heavy atom. The minimum atomic E-state index is -0.222. The predicted molar refractivity (Wildman–Crippen MR) is 65.6 cm³/mol. The van der Waals surface area contributed by atoms with Crippen LogP contribution in [0.2, 0.25) is 5.15 Å². The van der Waals surface area contributed by atoms with Crippen LogP contribution in [0.15, 0.2) is 36.7 Å². The molecule has 5 heteroatoms. The molecule has 1 heterocycles. The molecule has 0 bridgehead atoms. The average Bonchev–Trinajstić information content (AvgIpc) is 2.32. The fourth-order valence-electron chi connectivity index (χ4n) is 1.46. The third-order valence-electron chi connectivity index (χ3n) is 2.25. The van der Waals surface area contributed by atoms with Gasteiger partial charge in [-0.1, -0.05) is 23.7 Å². The predicted octanol–water partition coefficient (Wildman–Crippen LogP) is 2.92. The molecule has 0 amide bonds. The average molecular weight is 252 g/mol. The molecule has 3 nitrogen and oxygen atoms in total. The molecule has 1 N–H and O–H groups in total. The molecule has 2 aromatic rings. The molecule has 0 saturated carbocycles. The topological polar surface area (TPSA) is 37.8 Å². The molecular weight excluding hydrogens is 241 g/mol. The lowest BCUT2D eigenvalue weighted by Gasteiger charge is -2.06. The lowest BCUT2D eigenvalue weighted by atomic mass is 10.1. The molecule has 1 aromatic carbocycles. The fourth-order valence-corrected chi connectivity index (χ4v) is 1.63. The van der Waals surface area contributed by atoms with Crippen molar-refractivity contribution in [2.24, 2.45) is 0 Å². The molecule has 0 aliphatic rings. The monoisotopic (exact) mass is 251 g/mol. The minimum Gasteiger partial charge on any atom is -0.367 e. The quantitative estimate of drug-likeness (QED) is 0.908. The summed E-state index contributed by atoms with van der Waals surface area (Å²) in [5.41, 5.74) is 0.928. The van der Waals surface area contributed by atoms with E-state index in [-0.39, 0.29) is 5.82 Å². The second-order valence-electron chi connectivity index (χ2n) is 3.50. The molecule has 0 spiro atoms. The van der Waals surface area contributed by atoms with Crippen LogP contribution in [0.25, 0.3) is 0 Å². The van der Waals surface area contributed by atoms with Crippen LogP contribution in [-0.2, 0) is 6.42 Å².